The molecule has 0 fully saturated rings. The summed E-state index contributed by atoms with van der Waals surface area (Å²) >= 11 is 1.67. The fraction of sp³-hybridized carbons (Fsp3) is 0.375. The normalized spacial score (nSPS) is 8.65. The molecule has 4 heteroatoms. The number of aromatic nitrogens is 1. The molecule has 0 aliphatic carbocycles. The van der Waals surface area contributed by atoms with Gasteiger partial charge in [0.2, 0.25) is 0 Å². The lowest BCUT2D eigenvalue weighted by Crippen LogP contribution is -1.94. The number of ether oxygens (including phenoxy) is 1. The number of nitrogens with zero attached hydrogens (tertiary/aromatic N) is 1. The molecule has 0 amide bonds. The summed E-state index contributed by atoms with van der Waals surface area (Å²) in [6.07, 6.45) is 1.81. The first-order chi connectivity index (χ1) is 9.63. The van der Waals surface area contributed by atoms with E-state index in [1.807, 2.05) is 33.1 Å². The van der Waals surface area contributed by atoms with Crippen molar-refractivity contribution in [2.45, 2.75) is 34.6 Å². The molecule has 0 N–H and O–H groups in total. The van der Waals surface area contributed by atoms with E-state index in [0.717, 1.165) is 16.3 Å². The average Bonchev–Trinajstić information content (AvgIpc) is 2.94. The highest BCUT2D eigenvalue weighted by atomic mass is 32.1. The minimum Gasteiger partial charge on any atom is -0.494 e. The number of carbonyl (C=O) groups is 1. The number of aryl methyl sites for hydroxylation is 1. The molecule has 0 radical (unpaired) electrons. The summed E-state index contributed by atoms with van der Waals surface area (Å²) in [5, 5.41) is 3.10. The summed E-state index contributed by atoms with van der Waals surface area (Å²) in [6, 6.07) is 7.15. The minimum atomic E-state index is 0.0815. The summed E-state index contributed by atoms with van der Waals surface area (Å²) in [4.78, 5) is 14.8. The molecule has 0 saturated heterocycles. The van der Waals surface area contributed by atoms with E-state index < -0.39 is 0 Å². The molecule has 0 bridgehead atoms. The van der Waals surface area contributed by atoms with Crippen LogP contribution in [0.2, 0.25) is 0 Å². The summed E-state index contributed by atoms with van der Waals surface area (Å²) < 4.78 is 5.23. The lowest BCUT2D eigenvalue weighted by atomic mass is 10.1. The molecule has 0 aliphatic rings. The summed E-state index contributed by atoms with van der Waals surface area (Å²) in [7, 11) is 0. The minimum absolute atomic E-state index is 0.0815. The number of hydrogen-bond acceptors (Lipinski definition) is 4. The molecule has 2 rings (SSSR count). The molecule has 0 aliphatic heterocycles. The third kappa shape index (κ3) is 7.69. The van der Waals surface area contributed by atoms with Crippen LogP contribution in [-0.4, -0.2) is 17.4 Å². The Bertz CT molecular complexity index is 464. The maximum atomic E-state index is 10.9. The number of ketones is 1. The van der Waals surface area contributed by atoms with E-state index in [0.29, 0.717) is 6.61 Å². The molecule has 0 spiro atoms. The molecule has 3 nitrogen and oxygen atoms in total. The van der Waals surface area contributed by atoms with Crippen molar-refractivity contribution in [2.75, 3.05) is 6.61 Å². The van der Waals surface area contributed by atoms with Crippen molar-refractivity contribution in [1.82, 2.24) is 4.98 Å². The number of thiazole rings is 1. The molecule has 0 atom stereocenters. The van der Waals surface area contributed by atoms with Crippen molar-refractivity contribution < 1.29 is 9.53 Å². The first-order valence-electron chi connectivity index (χ1n) is 6.73. The van der Waals surface area contributed by atoms with Crippen LogP contribution in [0.4, 0.5) is 0 Å². The Morgan fingerprint density at radius 3 is 2.15 bits per heavy atom. The van der Waals surface area contributed by atoms with E-state index in [-0.39, 0.29) is 5.78 Å². The second kappa shape index (κ2) is 11.2. The Morgan fingerprint density at radius 2 is 1.85 bits per heavy atom. The topological polar surface area (TPSA) is 39.2 Å². The fourth-order valence-corrected chi connectivity index (χ4v) is 1.69. The Kier molecular flexibility index (Phi) is 10.2. The quantitative estimate of drug-likeness (QED) is 0.765. The van der Waals surface area contributed by atoms with Gasteiger partial charge in [-0.15, -0.1) is 11.3 Å². The summed E-state index contributed by atoms with van der Waals surface area (Å²) in [6.45, 7) is 10.1. The van der Waals surface area contributed by atoms with Crippen molar-refractivity contribution in [3.63, 3.8) is 0 Å². The average molecular weight is 293 g/mol. The zero-order chi connectivity index (χ0) is 15.4. The Balaban J connectivity index is 0.000000377. The van der Waals surface area contributed by atoms with Gasteiger partial charge in [0.25, 0.3) is 0 Å². The third-order valence-electron chi connectivity index (χ3n) is 2.13. The van der Waals surface area contributed by atoms with Crippen molar-refractivity contribution in [3.05, 3.63) is 46.4 Å². The van der Waals surface area contributed by atoms with Crippen molar-refractivity contribution in [1.29, 1.82) is 0 Å². The summed E-state index contributed by atoms with van der Waals surface area (Å²) in [5.41, 5.74) is 0.721. The van der Waals surface area contributed by atoms with Gasteiger partial charge in [-0.25, -0.2) is 0 Å². The van der Waals surface area contributed by atoms with Crippen molar-refractivity contribution >= 4 is 17.1 Å². The Morgan fingerprint density at radius 1 is 1.25 bits per heavy atom. The highest BCUT2D eigenvalue weighted by Gasteiger charge is 1.97. The Hall–Kier alpha value is -1.68. The predicted molar refractivity (Wildman–Crippen MR) is 85.8 cm³/mol. The van der Waals surface area contributed by atoms with Crippen LogP contribution in [0.5, 0.6) is 5.75 Å². The molecular weight excluding hydrogens is 270 g/mol. The van der Waals surface area contributed by atoms with Crippen molar-refractivity contribution in [2.24, 2.45) is 0 Å². The van der Waals surface area contributed by atoms with Crippen LogP contribution in [-0.2, 0) is 0 Å². The zero-order valence-corrected chi connectivity index (χ0v) is 13.7. The molecule has 2 aromatic rings. The molecule has 110 valence electrons. The van der Waals surface area contributed by atoms with Crippen molar-refractivity contribution in [3.8, 4) is 5.75 Å². The highest BCUT2D eigenvalue weighted by molar-refractivity contribution is 7.09. The third-order valence-corrected chi connectivity index (χ3v) is 2.83. The number of carbonyl (C=O) groups excluding carboxylic acids is 1. The first kappa shape index (κ1) is 18.3. The molecule has 0 saturated carbocycles. The molecule has 1 aromatic heterocycles. The van der Waals surface area contributed by atoms with Crippen LogP contribution in [0, 0.1) is 6.92 Å². The number of benzene rings is 1. The van der Waals surface area contributed by atoms with Gasteiger partial charge in [-0.05, 0) is 45.0 Å². The second-order valence-electron chi connectivity index (χ2n) is 3.56. The predicted octanol–water partition coefficient (Wildman–Crippen LogP) is 4.77. The lowest BCUT2D eigenvalue weighted by Gasteiger charge is -2.02. The van der Waals surface area contributed by atoms with Crippen LogP contribution in [0.15, 0.2) is 35.8 Å². The fourth-order valence-electron chi connectivity index (χ4n) is 1.25. The second-order valence-corrected chi connectivity index (χ2v) is 4.66. The maximum Gasteiger partial charge on any atom is 0.159 e. The van der Waals surface area contributed by atoms with Crippen LogP contribution in [0.1, 0.15) is 43.1 Å². The lowest BCUT2D eigenvalue weighted by molar-refractivity contribution is 0.101. The molecule has 1 aromatic carbocycles. The standard InChI is InChI=1S/C10H12O2.C4H5NS.C2H6/c1-3-12-10-6-4-9(5-7-10)8(2)11;1-4-5-2-3-6-4;1-2/h4-7H,3H2,1-2H3;2-3H,1H3;1-2H3. The van der Waals surface area contributed by atoms with Crippen LogP contribution < -0.4 is 4.74 Å². The van der Waals surface area contributed by atoms with Gasteiger partial charge in [0.05, 0.1) is 11.6 Å². The van der Waals surface area contributed by atoms with Gasteiger partial charge >= 0.3 is 0 Å². The molecular formula is C16H23NO2S. The van der Waals surface area contributed by atoms with Gasteiger partial charge in [0.15, 0.2) is 5.78 Å². The number of rotatable bonds is 3. The number of hydrogen-bond donors (Lipinski definition) is 0. The molecule has 1 heterocycles. The van der Waals surface area contributed by atoms with Gasteiger partial charge in [-0.1, -0.05) is 13.8 Å². The van der Waals surface area contributed by atoms with Gasteiger partial charge in [0.1, 0.15) is 5.75 Å². The first-order valence-corrected chi connectivity index (χ1v) is 7.61. The monoisotopic (exact) mass is 293 g/mol. The van der Waals surface area contributed by atoms with E-state index in [2.05, 4.69) is 4.98 Å². The van der Waals surface area contributed by atoms with Gasteiger partial charge in [-0.3, -0.25) is 9.78 Å². The van der Waals surface area contributed by atoms with E-state index in [1.54, 1.807) is 48.7 Å². The maximum absolute atomic E-state index is 10.9. The van der Waals surface area contributed by atoms with Crippen LogP contribution in [0.25, 0.3) is 0 Å². The van der Waals surface area contributed by atoms with Gasteiger partial charge < -0.3 is 4.74 Å². The largest absolute Gasteiger partial charge is 0.494 e. The van der Waals surface area contributed by atoms with E-state index in [9.17, 15) is 4.79 Å². The molecule has 0 unspecified atom stereocenters. The molecule has 20 heavy (non-hydrogen) atoms. The van der Waals surface area contributed by atoms with E-state index >= 15 is 0 Å². The van der Waals surface area contributed by atoms with Crippen LogP contribution in [0.3, 0.4) is 0 Å². The van der Waals surface area contributed by atoms with E-state index in [4.69, 9.17) is 4.74 Å². The van der Waals surface area contributed by atoms with Gasteiger partial charge in [0, 0.05) is 17.1 Å². The van der Waals surface area contributed by atoms with Gasteiger partial charge in [-0.2, -0.15) is 0 Å². The van der Waals surface area contributed by atoms with E-state index in [1.165, 1.54) is 0 Å². The highest BCUT2D eigenvalue weighted by Crippen LogP contribution is 2.11. The zero-order valence-electron chi connectivity index (χ0n) is 12.8. The smallest absolute Gasteiger partial charge is 0.159 e. The SMILES string of the molecule is CC.CCOc1ccc(C(C)=O)cc1.Cc1nccs1. The number of Topliss-reactive ketones (excluding diaryl/α,β-unsaturated/α-hetero) is 1. The summed E-state index contributed by atoms with van der Waals surface area (Å²) in [5.74, 6) is 0.889. The van der Waals surface area contributed by atoms with Crippen LogP contribution >= 0.6 is 11.3 Å². The Labute approximate surface area is 125 Å².